The van der Waals surface area contributed by atoms with Gasteiger partial charge in [-0.1, -0.05) is 12.1 Å². The predicted molar refractivity (Wildman–Crippen MR) is 71.9 cm³/mol. The molecule has 0 saturated carbocycles. The number of carbonyl (C=O) groups excluding carboxylic acids is 1. The Hall–Kier alpha value is -1.55. The maximum Gasteiger partial charge on any atom is 0.256 e. The highest BCUT2D eigenvalue weighted by Crippen LogP contribution is 2.22. The second-order valence-electron chi connectivity index (χ2n) is 4.64. The second-order valence-corrected chi connectivity index (χ2v) is 4.64. The average molecular weight is 248 g/mol. The SMILES string of the molecule is CNc1ccccc1C(=O)N(C)C1CCOC1C. The van der Waals surface area contributed by atoms with Gasteiger partial charge in [0, 0.05) is 26.4 Å². The number of nitrogens with one attached hydrogen (secondary N) is 1. The van der Waals surface area contributed by atoms with E-state index in [9.17, 15) is 4.79 Å². The number of ether oxygens (including phenoxy) is 1. The molecule has 0 radical (unpaired) electrons. The van der Waals surface area contributed by atoms with Crippen LogP contribution in [0.1, 0.15) is 23.7 Å². The maximum absolute atomic E-state index is 12.5. The van der Waals surface area contributed by atoms with Crippen LogP contribution in [-0.2, 0) is 4.74 Å². The fourth-order valence-corrected chi connectivity index (χ4v) is 2.46. The summed E-state index contributed by atoms with van der Waals surface area (Å²) < 4.78 is 5.52. The molecule has 4 heteroatoms. The molecular formula is C14H20N2O2. The lowest BCUT2D eigenvalue weighted by Crippen LogP contribution is -2.41. The van der Waals surface area contributed by atoms with Crippen LogP contribution in [0.15, 0.2) is 24.3 Å². The van der Waals surface area contributed by atoms with Gasteiger partial charge in [-0.25, -0.2) is 0 Å². The third-order valence-corrected chi connectivity index (χ3v) is 3.58. The van der Waals surface area contributed by atoms with E-state index in [1.54, 1.807) is 4.90 Å². The largest absolute Gasteiger partial charge is 0.387 e. The van der Waals surface area contributed by atoms with E-state index in [1.807, 2.05) is 45.3 Å². The zero-order valence-electron chi connectivity index (χ0n) is 11.1. The number of anilines is 1. The number of benzene rings is 1. The Kier molecular flexibility index (Phi) is 3.87. The molecule has 1 heterocycles. The van der Waals surface area contributed by atoms with Crippen molar-refractivity contribution in [3.05, 3.63) is 29.8 Å². The molecule has 2 atom stereocenters. The van der Waals surface area contributed by atoms with E-state index in [2.05, 4.69) is 5.32 Å². The van der Waals surface area contributed by atoms with Crippen molar-refractivity contribution in [2.45, 2.75) is 25.5 Å². The van der Waals surface area contributed by atoms with E-state index in [1.165, 1.54) is 0 Å². The van der Waals surface area contributed by atoms with Crippen LogP contribution in [0.2, 0.25) is 0 Å². The van der Waals surface area contributed by atoms with Crippen LogP contribution in [-0.4, -0.2) is 43.7 Å². The van der Waals surface area contributed by atoms with Crippen molar-refractivity contribution < 1.29 is 9.53 Å². The molecule has 18 heavy (non-hydrogen) atoms. The molecule has 0 aliphatic carbocycles. The van der Waals surface area contributed by atoms with Crippen LogP contribution in [0.4, 0.5) is 5.69 Å². The summed E-state index contributed by atoms with van der Waals surface area (Å²) in [7, 11) is 3.68. The van der Waals surface area contributed by atoms with Crippen LogP contribution in [0, 0.1) is 0 Å². The number of nitrogens with zero attached hydrogens (tertiary/aromatic N) is 1. The summed E-state index contributed by atoms with van der Waals surface area (Å²) in [6.07, 6.45) is 1.02. The normalized spacial score (nSPS) is 22.8. The monoisotopic (exact) mass is 248 g/mol. The minimum absolute atomic E-state index is 0.0438. The van der Waals surface area contributed by atoms with Gasteiger partial charge in [0.2, 0.25) is 0 Å². The number of carbonyl (C=O) groups is 1. The molecule has 1 N–H and O–H groups in total. The van der Waals surface area contributed by atoms with Crippen LogP contribution >= 0.6 is 0 Å². The van der Waals surface area contributed by atoms with Gasteiger partial charge in [0.15, 0.2) is 0 Å². The summed E-state index contributed by atoms with van der Waals surface area (Å²) in [6, 6.07) is 7.74. The van der Waals surface area contributed by atoms with Crippen LogP contribution < -0.4 is 5.32 Å². The smallest absolute Gasteiger partial charge is 0.256 e. The number of amides is 1. The van der Waals surface area contributed by atoms with Gasteiger partial charge in [0.1, 0.15) is 0 Å². The predicted octanol–water partition coefficient (Wildman–Crippen LogP) is 1.98. The number of likely N-dealkylation sites (N-methyl/N-ethyl adjacent to an activating group) is 1. The number of para-hydroxylation sites is 1. The number of hydrogen-bond donors (Lipinski definition) is 1. The summed E-state index contributed by atoms with van der Waals surface area (Å²) in [6.45, 7) is 2.75. The van der Waals surface area contributed by atoms with Crippen molar-refractivity contribution in [1.82, 2.24) is 4.90 Å². The van der Waals surface area contributed by atoms with Crippen LogP contribution in [0.3, 0.4) is 0 Å². The Morgan fingerprint density at radius 1 is 1.44 bits per heavy atom. The zero-order valence-corrected chi connectivity index (χ0v) is 11.1. The highest BCUT2D eigenvalue weighted by atomic mass is 16.5. The van der Waals surface area contributed by atoms with Gasteiger partial charge in [-0.15, -0.1) is 0 Å². The molecule has 1 aliphatic rings. The maximum atomic E-state index is 12.5. The standard InChI is InChI=1S/C14H20N2O2/c1-10-13(8-9-18-10)16(3)14(17)11-6-4-5-7-12(11)15-2/h4-7,10,13,15H,8-9H2,1-3H3. The fraction of sp³-hybridized carbons (Fsp3) is 0.500. The molecule has 0 spiro atoms. The summed E-state index contributed by atoms with van der Waals surface area (Å²) in [5, 5.41) is 3.05. The van der Waals surface area contributed by atoms with Gasteiger partial charge in [0.05, 0.1) is 17.7 Å². The lowest BCUT2D eigenvalue weighted by atomic mass is 10.1. The fourth-order valence-electron chi connectivity index (χ4n) is 2.46. The Bertz CT molecular complexity index is 434. The topological polar surface area (TPSA) is 41.6 Å². The molecule has 1 aromatic carbocycles. The van der Waals surface area contributed by atoms with Gasteiger partial charge in [-0.3, -0.25) is 4.79 Å². The van der Waals surface area contributed by atoms with Gasteiger partial charge < -0.3 is 15.0 Å². The Morgan fingerprint density at radius 2 is 2.17 bits per heavy atom. The van der Waals surface area contributed by atoms with Crippen molar-refractivity contribution in [2.75, 3.05) is 26.0 Å². The van der Waals surface area contributed by atoms with Crippen molar-refractivity contribution in [1.29, 1.82) is 0 Å². The summed E-state index contributed by atoms with van der Waals surface area (Å²) in [5.74, 6) is 0.0438. The molecule has 0 aromatic heterocycles. The third-order valence-electron chi connectivity index (χ3n) is 3.58. The molecule has 1 fully saturated rings. The van der Waals surface area contributed by atoms with Crippen molar-refractivity contribution in [3.63, 3.8) is 0 Å². The molecule has 1 aliphatic heterocycles. The first-order valence-electron chi connectivity index (χ1n) is 6.30. The van der Waals surface area contributed by atoms with E-state index in [0.29, 0.717) is 5.56 Å². The van der Waals surface area contributed by atoms with Crippen LogP contribution in [0.5, 0.6) is 0 Å². The number of rotatable bonds is 3. The second kappa shape index (κ2) is 5.40. The first kappa shape index (κ1) is 12.9. The molecule has 1 aromatic rings. The van der Waals surface area contributed by atoms with Gasteiger partial charge in [-0.05, 0) is 25.5 Å². The zero-order chi connectivity index (χ0) is 13.1. The van der Waals surface area contributed by atoms with Crippen molar-refractivity contribution in [2.24, 2.45) is 0 Å². The highest BCUT2D eigenvalue weighted by molar-refractivity contribution is 5.99. The Balaban J connectivity index is 2.20. The average Bonchev–Trinajstić information content (AvgIpc) is 2.83. The van der Waals surface area contributed by atoms with Gasteiger partial charge in [-0.2, -0.15) is 0 Å². The first-order chi connectivity index (χ1) is 8.65. The minimum atomic E-state index is 0.0438. The molecule has 2 unspecified atom stereocenters. The first-order valence-corrected chi connectivity index (χ1v) is 6.30. The molecule has 4 nitrogen and oxygen atoms in total. The Labute approximate surface area is 108 Å². The minimum Gasteiger partial charge on any atom is -0.387 e. The quantitative estimate of drug-likeness (QED) is 0.889. The van der Waals surface area contributed by atoms with E-state index >= 15 is 0 Å². The van der Waals surface area contributed by atoms with Gasteiger partial charge >= 0.3 is 0 Å². The Morgan fingerprint density at radius 3 is 2.78 bits per heavy atom. The highest BCUT2D eigenvalue weighted by Gasteiger charge is 2.31. The summed E-state index contributed by atoms with van der Waals surface area (Å²) in [5.41, 5.74) is 1.57. The molecule has 1 saturated heterocycles. The van der Waals surface area contributed by atoms with E-state index in [-0.39, 0.29) is 18.1 Å². The molecule has 0 bridgehead atoms. The molecule has 98 valence electrons. The van der Waals surface area contributed by atoms with Crippen molar-refractivity contribution >= 4 is 11.6 Å². The number of hydrogen-bond acceptors (Lipinski definition) is 3. The van der Waals surface area contributed by atoms with Crippen LogP contribution in [0.25, 0.3) is 0 Å². The van der Waals surface area contributed by atoms with E-state index in [0.717, 1.165) is 18.7 Å². The summed E-state index contributed by atoms with van der Waals surface area (Å²) in [4.78, 5) is 14.3. The van der Waals surface area contributed by atoms with Gasteiger partial charge in [0.25, 0.3) is 5.91 Å². The molecule has 2 rings (SSSR count). The summed E-state index contributed by atoms with van der Waals surface area (Å²) >= 11 is 0. The van der Waals surface area contributed by atoms with E-state index in [4.69, 9.17) is 4.74 Å². The lowest BCUT2D eigenvalue weighted by Gasteiger charge is -2.27. The molecule has 1 amide bonds. The van der Waals surface area contributed by atoms with Crippen molar-refractivity contribution in [3.8, 4) is 0 Å². The lowest BCUT2D eigenvalue weighted by molar-refractivity contribution is 0.0575. The molecular weight excluding hydrogens is 228 g/mol. The van der Waals surface area contributed by atoms with E-state index < -0.39 is 0 Å². The third kappa shape index (κ3) is 2.34.